The van der Waals surface area contributed by atoms with Crippen LogP contribution in [0.25, 0.3) is 11.0 Å². The van der Waals surface area contributed by atoms with Crippen molar-refractivity contribution in [3.05, 3.63) is 17.7 Å². The Morgan fingerprint density at radius 2 is 2.18 bits per heavy atom. The average molecular weight is 150 g/mol. The molecule has 0 bridgehead atoms. The van der Waals surface area contributed by atoms with Gasteiger partial charge in [0.1, 0.15) is 5.82 Å². The summed E-state index contributed by atoms with van der Waals surface area (Å²) in [5.41, 5.74) is 1.79. The van der Waals surface area contributed by atoms with Crippen molar-refractivity contribution in [1.29, 1.82) is 0 Å². The van der Waals surface area contributed by atoms with Gasteiger partial charge < -0.3 is 0 Å². The van der Waals surface area contributed by atoms with E-state index in [0.717, 1.165) is 22.6 Å². The largest absolute Gasteiger partial charge is 0.261 e. The van der Waals surface area contributed by atoms with Crippen LogP contribution < -0.4 is 0 Å². The molecule has 4 nitrogen and oxygen atoms in total. The molecule has 2 rings (SSSR count). The SMILES string of the molecule is Cc1nc(C)c2cn[nH]c2n1.[HH]. The first kappa shape index (κ1) is 6.27. The Bertz CT molecular complexity index is 395. The van der Waals surface area contributed by atoms with Crippen molar-refractivity contribution in [3.63, 3.8) is 0 Å². The Hall–Kier alpha value is -1.45. The number of H-pyrrole nitrogens is 1. The molecule has 4 heteroatoms. The van der Waals surface area contributed by atoms with Crippen molar-refractivity contribution in [1.82, 2.24) is 20.2 Å². The fourth-order valence-electron chi connectivity index (χ4n) is 1.12. The molecule has 0 aliphatic carbocycles. The molecule has 0 spiro atoms. The van der Waals surface area contributed by atoms with Crippen LogP contribution >= 0.6 is 0 Å². The molecule has 0 aromatic carbocycles. The van der Waals surface area contributed by atoms with Gasteiger partial charge in [-0.15, -0.1) is 0 Å². The van der Waals surface area contributed by atoms with Gasteiger partial charge in [0, 0.05) is 1.43 Å². The van der Waals surface area contributed by atoms with Crippen LogP contribution in [0, 0.1) is 13.8 Å². The second-order valence-electron chi connectivity index (χ2n) is 2.49. The van der Waals surface area contributed by atoms with Crippen LogP contribution in [0.2, 0.25) is 0 Å². The first-order valence-corrected chi connectivity index (χ1v) is 3.41. The van der Waals surface area contributed by atoms with Gasteiger partial charge in [0.05, 0.1) is 17.3 Å². The Balaban J connectivity index is 0.000000720. The Labute approximate surface area is 65.2 Å². The zero-order valence-electron chi connectivity index (χ0n) is 6.42. The number of nitrogens with one attached hydrogen (secondary N) is 1. The number of aryl methyl sites for hydroxylation is 2. The molecule has 58 valence electrons. The van der Waals surface area contributed by atoms with Gasteiger partial charge in [0.15, 0.2) is 5.65 Å². The number of rotatable bonds is 0. The lowest BCUT2D eigenvalue weighted by Crippen LogP contribution is -1.90. The molecule has 0 unspecified atom stereocenters. The quantitative estimate of drug-likeness (QED) is 0.614. The second kappa shape index (κ2) is 2.02. The Kier molecular flexibility index (Phi) is 1.15. The van der Waals surface area contributed by atoms with Crippen LogP contribution in [0.1, 0.15) is 12.9 Å². The minimum atomic E-state index is 0. The predicted octanol–water partition coefficient (Wildman–Crippen LogP) is 1.22. The van der Waals surface area contributed by atoms with E-state index < -0.39 is 0 Å². The lowest BCUT2D eigenvalue weighted by Gasteiger charge is -1.94. The maximum Gasteiger partial charge on any atom is 0.159 e. The third-order valence-electron chi connectivity index (χ3n) is 1.61. The topological polar surface area (TPSA) is 54.5 Å². The number of hydrogen-bond acceptors (Lipinski definition) is 3. The van der Waals surface area contributed by atoms with E-state index in [1.54, 1.807) is 6.20 Å². The highest BCUT2D eigenvalue weighted by atomic mass is 15.1. The van der Waals surface area contributed by atoms with Gasteiger partial charge in [-0.05, 0) is 13.8 Å². The first-order valence-electron chi connectivity index (χ1n) is 3.41. The minimum absolute atomic E-state index is 0. The van der Waals surface area contributed by atoms with Crippen molar-refractivity contribution >= 4 is 11.0 Å². The molecule has 0 saturated heterocycles. The molecular formula is C7H10N4. The number of nitrogens with zero attached hydrogens (tertiary/aromatic N) is 3. The Morgan fingerprint density at radius 1 is 1.36 bits per heavy atom. The van der Waals surface area contributed by atoms with Crippen molar-refractivity contribution in [2.45, 2.75) is 13.8 Å². The lowest BCUT2D eigenvalue weighted by molar-refractivity contribution is 1.03. The number of hydrogen-bond donors (Lipinski definition) is 1. The highest BCUT2D eigenvalue weighted by Gasteiger charge is 2.01. The van der Waals surface area contributed by atoms with Gasteiger partial charge in [-0.2, -0.15) is 5.10 Å². The van der Waals surface area contributed by atoms with Gasteiger partial charge in [-0.1, -0.05) is 0 Å². The van der Waals surface area contributed by atoms with E-state index >= 15 is 0 Å². The van der Waals surface area contributed by atoms with Crippen molar-refractivity contribution in [2.24, 2.45) is 0 Å². The normalized spacial score (nSPS) is 10.7. The first-order chi connectivity index (χ1) is 5.27. The van der Waals surface area contributed by atoms with E-state index in [1.165, 1.54) is 0 Å². The van der Waals surface area contributed by atoms with Gasteiger partial charge in [-0.25, -0.2) is 9.97 Å². The van der Waals surface area contributed by atoms with Crippen LogP contribution in [-0.4, -0.2) is 20.2 Å². The van der Waals surface area contributed by atoms with E-state index in [1.807, 2.05) is 13.8 Å². The predicted molar refractivity (Wildman–Crippen MR) is 43.3 cm³/mol. The maximum absolute atomic E-state index is 4.20. The third-order valence-corrected chi connectivity index (χ3v) is 1.61. The molecule has 0 aliphatic heterocycles. The monoisotopic (exact) mass is 150 g/mol. The summed E-state index contributed by atoms with van der Waals surface area (Å²) in [6, 6.07) is 0. The van der Waals surface area contributed by atoms with Gasteiger partial charge in [0.25, 0.3) is 0 Å². The lowest BCUT2D eigenvalue weighted by atomic mass is 10.3. The van der Waals surface area contributed by atoms with E-state index in [4.69, 9.17) is 0 Å². The van der Waals surface area contributed by atoms with Gasteiger partial charge >= 0.3 is 0 Å². The molecule has 2 heterocycles. The van der Waals surface area contributed by atoms with Crippen LogP contribution in [0.5, 0.6) is 0 Å². The van der Waals surface area contributed by atoms with Crippen molar-refractivity contribution in [2.75, 3.05) is 0 Å². The second-order valence-corrected chi connectivity index (χ2v) is 2.49. The molecule has 0 amide bonds. The number of aromatic nitrogens is 4. The van der Waals surface area contributed by atoms with Gasteiger partial charge in [-0.3, -0.25) is 5.10 Å². The van der Waals surface area contributed by atoms with E-state index in [-0.39, 0.29) is 1.43 Å². The number of aromatic amines is 1. The molecular weight excluding hydrogens is 140 g/mol. The zero-order valence-corrected chi connectivity index (χ0v) is 6.42. The highest BCUT2D eigenvalue weighted by Crippen LogP contribution is 2.10. The van der Waals surface area contributed by atoms with E-state index in [9.17, 15) is 0 Å². The summed E-state index contributed by atoms with van der Waals surface area (Å²) in [5.74, 6) is 0.777. The smallest absolute Gasteiger partial charge is 0.159 e. The molecule has 1 N–H and O–H groups in total. The molecule has 0 fully saturated rings. The van der Waals surface area contributed by atoms with Gasteiger partial charge in [0.2, 0.25) is 0 Å². The molecule has 0 aliphatic rings. The average Bonchev–Trinajstić information content (AvgIpc) is 2.34. The van der Waals surface area contributed by atoms with E-state index in [0.29, 0.717) is 0 Å². The third kappa shape index (κ3) is 0.869. The zero-order chi connectivity index (χ0) is 7.84. The van der Waals surface area contributed by atoms with Crippen LogP contribution in [0.4, 0.5) is 0 Å². The van der Waals surface area contributed by atoms with Crippen molar-refractivity contribution < 1.29 is 1.43 Å². The summed E-state index contributed by atoms with van der Waals surface area (Å²) in [4.78, 5) is 8.37. The molecule has 0 saturated carbocycles. The van der Waals surface area contributed by atoms with Crippen LogP contribution in [0.3, 0.4) is 0 Å². The summed E-state index contributed by atoms with van der Waals surface area (Å²) >= 11 is 0. The summed E-state index contributed by atoms with van der Waals surface area (Å²) in [6.45, 7) is 3.82. The highest BCUT2D eigenvalue weighted by molar-refractivity contribution is 5.75. The molecule has 0 radical (unpaired) electrons. The van der Waals surface area contributed by atoms with E-state index in [2.05, 4.69) is 20.2 Å². The standard InChI is InChI=1S/C7H8N4.H2/c1-4-6-3-8-11-7(6)10-5(2)9-4;/h3H,1-2H3,(H,8,9,10,11);1H. The molecule has 2 aromatic heterocycles. The van der Waals surface area contributed by atoms with Crippen LogP contribution in [-0.2, 0) is 0 Å². The summed E-state index contributed by atoms with van der Waals surface area (Å²) in [6.07, 6.45) is 1.74. The fraction of sp³-hybridized carbons (Fsp3) is 0.286. The molecule has 2 aromatic rings. The number of fused-ring (bicyclic) bond motifs is 1. The van der Waals surface area contributed by atoms with Crippen molar-refractivity contribution in [3.8, 4) is 0 Å². The summed E-state index contributed by atoms with van der Waals surface area (Å²) in [7, 11) is 0. The summed E-state index contributed by atoms with van der Waals surface area (Å²) in [5, 5.41) is 7.67. The fourth-order valence-corrected chi connectivity index (χ4v) is 1.12. The van der Waals surface area contributed by atoms with Crippen LogP contribution in [0.15, 0.2) is 6.20 Å². The minimum Gasteiger partial charge on any atom is -0.261 e. The molecule has 11 heavy (non-hydrogen) atoms. The maximum atomic E-state index is 4.20. The molecule has 0 atom stereocenters. The summed E-state index contributed by atoms with van der Waals surface area (Å²) < 4.78 is 0. The Morgan fingerprint density at radius 3 is 3.00 bits per heavy atom.